The highest BCUT2D eigenvalue weighted by atomic mass is 19.1. The molecule has 2 aromatic heterocycles. The van der Waals surface area contributed by atoms with E-state index in [9.17, 15) is 4.39 Å². The Kier molecular flexibility index (Phi) is 4.22. The van der Waals surface area contributed by atoms with E-state index in [1.807, 2.05) is 28.9 Å². The summed E-state index contributed by atoms with van der Waals surface area (Å²) >= 11 is 0. The largest absolute Gasteiger partial charge is 0.458 e. The van der Waals surface area contributed by atoms with E-state index < -0.39 is 0 Å². The number of anilines is 1. The molecule has 2 aromatic rings. The SMILES string of the molecule is FCCC1CCN(c2ccn3cc(C4=CC5=C(CC4)OCO5)nc3n2)CC1. The van der Waals surface area contributed by atoms with E-state index in [4.69, 9.17) is 19.4 Å². The van der Waals surface area contributed by atoms with E-state index in [2.05, 4.69) is 4.90 Å². The maximum atomic E-state index is 12.5. The monoisotopic (exact) mass is 370 g/mol. The van der Waals surface area contributed by atoms with Crippen molar-refractivity contribution in [3.05, 3.63) is 41.7 Å². The number of rotatable bonds is 4. The first kappa shape index (κ1) is 16.6. The van der Waals surface area contributed by atoms with Crippen molar-refractivity contribution >= 4 is 17.2 Å². The van der Waals surface area contributed by atoms with Gasteiger partial charge in [-0.15, -0.1) is 0 Å². The summed E-state index contributed by atoms with van der Waals surface area (Å²) in [5, 5.41) is 0. The van der Waals surface area contributed by atoms with Crippen molar-refractivity contribution < 1.29 is 13.9 Å². The number of allylic oxidation sites excluding steroid dienone is 3. The highest BCUT2D eigenvalue weighted by molar-refractivity contribution is 5.68. The van der Waals surface area contributed by atoms with E-state index in [0.29, 0.717) is 24.9 Å². The molecular weight excluding hydrogens is 347 g/mol. The van der Waals surface area contributed by atoms with Crippen LogP contribution >= 0.6 is 0 Å². The Hall–Kier alpha value is -2.57. The van der Waals surface area contributed by atoms with Gasteiger partial charge in [-0.1, -0.05) is 0 Å². The average Bonchev–Trinajstić information content (AvgIpc) is 3.34. The average molecular weight is 370 g/mol. The molecule has 4 heterocycles. The van der Waals surface area contributed by atoms with Gasteiger partial charge in [-0.3, -0.25) is 8.79 Å². The minimum absolute atomic E-state index is 0.211. The predicted octanol–water partition coefficient (Wildman–Crippen LogP) is 3.70. The Balaban J connectivity index is 1.36. The zero-order valence-corrected chi connectivity index (χ0v) is 15.2. The fraction of sp³-hybridized carbons (Fsp3) is 0.500. The second-order valence-electron chi connectivity index (χ2n) is 7.39. The zero-order valence-electron chi connectivity index (χ0n) is 15.2. The minimum atomic E-state index is -0.211. The lowest BCUT2D eigenvalue weighted by atomic mass is 9.94. The van der Waals surface area contributed by atoms with Crippen molar-refractivity contribution in [3.63, 3.8) is 0 Å². The molecule has 0 amide bonds. The van der Waals surface area contributed by atoms with Crippen molar-refractivity contribution in [1.29, 1.82) is 0 Å². The van der Waals surface area contributed by atoms with Crippen LogP contribution in [0.25, 0.3) is 11.4 Å². The number of aromatic nitrogens is 3. The molecule has 0 atom stereocenters. The van der Waals surface area contributed by atoms with Crippen molar-refractivity contribution in [2.24, 2.45) is 5.92 Å². The first-order chi connectivity index (χ1) is 13.3. The Labute approximate surface area is 157 Å². The molecule has 0 N–H and O–H groups in total. The standard InChI is InChI=1S/C20H23FN4O2/c21-7-3-14-4-8-24(9-5-14)19-6-10-25-12-16(22-20(25)23-19)15-1-2-17-18(11-15)27-13-26-17/h6,10-12,14H,1-5,7-9,13H2. The Bertz CT molecular complexity index is 912. The Morgan fingerprint density at radius 1 is 1.15 bits per heavy atom. The van der Waals surface area contributed by atoms with Crippen LogP contribution < -0.4 is 4.90 Å². The molecule has 0 aromatic carbocycles. The molecule has 0 unspecified atom stereocenters. The molecule has 5 rings (SSSR count). The zero-order chi connectivity index (χ0) is 18.2. The maximum absolute atomic E-state index is 12.5. The van der Waals surface area contributed by atoms with Crippen molar-refractivity contribution in [2.45, 2.75) is 32.1 Å². The number of fused-ring (bicyclic) bond motifs is 1. The lowest BCUT2D eigenvalue weighted by Gasteiger charge is -2.32. The summed E-state index contributed by atoms with van der Waals surface area (Å²) in [6.45, 7) is 1.96. The molecule has 1 aliphatic carbocycles. The van der Waals surface area contributed by atoms with Crippen LogP contribution in [0.1, 0.15) is 37.8 Å². The maximum Gasteiger partial charge on any atom is 0.236 e. The number of alkyl halides is 1. The molecule has 142 valence electrons. The van der Waals surface area contributed by atoms with Crippen molar-refractivity contribution in [3.8, 4) is 0 Å². The normalized spacial score (nSPS) is 20.5. The van der Waals surface area contributed by atoms with E-state index in [1.54, 1.807) is 0 Å². The van der Waals surface area contributed by atoms with Gasteiger partial charge in [-0.2, -0.15) is 4.98 Å². The topological polar surface area (TPSA) is 51.9 Å². The third kappa shape index (κ3) is 3.15. The smallest absolute Gasteiger partial charge is 0.236 e. The van der Waals surface area contributed by atoms with Crippen LogP contribution in [0.5, 0.6) is 0 Å². The molecule has 3 aliphatic rings. The van der Waals surface area contributed by atoms with Gasteiger partial charge in [0.05, 0.1) is 12.4 Å². The summed E-state index contributed by atoms with van der Waals surface area (Å²) in [7, 11) is 0. The van der Waals surface area contributed by atoms with Crippen LogP contribution in [-0.2, 0) is 9.47 Å². The lowest BCUT2D eigenvalue weighted by Crippen LogP contribution is -2.34. The van der Waals surface area contributed by atoms with Gasteiger partial charge in [0.15, 0.2) is 5.76 Å². The fourth-order valence-electron chi connectivity index (χ4n) is 4.11. The van der Waals surface area contributed by atoms with Crippen LogP contribution in [0.3, 0.4) is 0 Å². The van der Waals surface area contributed by atoms with Gasteiger partial charge in [0.2, 0.25) is 12.6 Å². The van der Waals surface area contributed by atoms with Crippen LogP contribution in [0.15, 0.2) is 36.1 Å². The third-order valence-corrected chi connectivity index (χ3v) is 5.75. The number of hydrogen-bond donors (Lipinski definition) is 0. The number of piperidine rings is 1. The number of hydrogen-bond acceptors (Lipinski definition) is 5. The number of nitrogens with zero attached hydrogens (tertiary/aromatic N) is 4. The van der Waals surface area contributed by atoms with Crippen molar-refractivity contribution in [1.82, 2.24) is 14.4 Å². The fourth-order valence-corrected chi connectivity index (χ4v) is 4.11. The summed E-state index contributed by atoms with van der Waals surface area (Å²) in [4.78, 5) is 11.8. The van der Waals surface area contributed by atoms with Gasteiger partial charge in [0.1, 0.15) is 11.6 Å². The predicted molar refractivity (Wildman–Crippen MR) is 99.8 cm³/mol. The molecular formula is C20H23FN4O2. The number of imidazole rings is 1. The summed E-state index contributed by atoms with van der Waals surface area (Å²) in [5.41, 5.74) is 2.08. The molecule has 0 saturated carbocycles. The molecule has 0 spiro atoms. The quantitative estimate of drug-likeness (QED) is 0.821. The molecule has 0 bridgehead atoms. The Morgan fingerprint density at radius 3 is 2.89 bits per heavy atom. The van der Waals surface area contributed by atoms with Crippen LogP contribution in [0, 0.1) is 5.92 Å². The molecule has 0 radical (unpaired) electrons. The summed E-state index contributed by atoms with van der Waals surface area (Å²) in [5.74, 6) is 3.94. The van der Waals surface area contributed by atoms with E-state index in [0.717, 1.165) is 67.4 Å². The van der Waals surface area contributed by atoms with Gasteiger partial charge in [0, 0.05) is 31.9 Å². The van der Waals surface area contributed by atoms with E-state index >= 15 is 0 Å². The molecule has 1 fully saturated rings. The summed E-state index contributed by atoms with van der Waals surface area (Å²) in [6, 6.07) is 2.04. The van der Waals surface area contributed by atoms with Crippen LogP contribution in [0.2, 0.25) is 0 Å². The number of ether oxygens (including phenoxy) is 2. The first-order valence-electron chi connectivity index (χ1n) is 9.66. The van der Waals surface area contributed by atoms with Gasteiger partial charge < -0.3 is 14.4 Å². The Morgan fingerprint density at radius 2 is 2.04 bits per heavy atom. The van der Waals surface area contributed by atoms with Crippen LogP contribution in [-0.4, -0.2) is 40.9 Å². The lowest BCUT2D eigenvalue weighted by molar-refractivity contribution is 0.0729. The second kappa shape index (κ2) is 6.87. The highest BCUT2D eigenvalue weighted by Crippen LogP contribution is 2.34. The minimum Gasteiger partial charge on any atom is -0.458 e. The molecule has 6 nitrogen and oxygen atoms in total. The van der Waals surface area contributed by atoms with Gasteiger partial charge in [-0.05, 0) is 49.3 Å². The van der Waals surface area contributed by atoms with Gasteiger partial charge >= 0.3 is 0 Å². The molecule has 1 saturated heterocycles. The summed E-state index contributed by atoms with van der Waals surface area (Å²) in [6.07, 6.45) is 10.6. The number of halogens is 1. The van der Waals surface area contributed by atoms with Crippen molar-refractivity contribution in [2.75, 3.05) is 31.5 Å². The molecule has 27 heavy (non-hydrogen) atoms. The molecule has 7 heteroatoms. The highest BCUT2D eigenvalue weighted by Gasteiger charge is 2.24. The third-order valence-electron chi connectivity index (χ3n) is 5.75. The van der Waals surface area contributed by atoms with Gasteiger partial charge in [0.25, 0.3) is 0 Å². The second-order valence-corrected chi connectivity index (χ2v) is 7.39. The van der Waals surface area contributed by atoms with Gasteiger partial charge in [-0.25, -0.2) is 4.98 Å². The molecule has 2 aliphatic heterocycles. The van der Waals surface area contributed by atoms with E-state index in [-0.39, 0.29) is 6.67 Å². The van der Waals surface area contributed by atoms with E-state index in [1.165, 1.54) is 0 Å². The first-order valence-corrected chi connectivity index (χ1v) is 9.66. The van der Waals surface area contributed by atoms with Crippen LogP contribution in [0.4, 0.5) is 10.2 Å². The summed E-state index contributed by atoms with van der Waals surface area (Å²) < 4.78 is 25.5.